The minimum absolute atomic E-state index is 0.0169. The number of nitrogens with one attached hydrogen (secondary N) is 4. The second-order valence-electron chi connectivity index (χ2n) is 23.4. The Labute approximate surface area is 579 Å². The Morgan fingerprint density at radius 1 is 0.569 bits per heavy atom. The first kappa shape index (κ1) is 78.3. The Hall–Kier alpha value is -7.87. The molecule has 0 spiro atoms. The third-order valence-electron chi connectivity index (χ3n) is 16.2. The van der Waals surface area contributed by atoms with Crippen molar-refractivity contribution in [1.29, 1.82) is 0 Å². The maximum atomic E-state index is 15.4. The van der Waals surface area contributed by atoms with Crippen LogP contribution in [0.4, 0.5) is 5.82 Å². The van der Waals surface area contributed by atoms with Crippen LogP contribution in [0, 0.1) is 47.4 Å². The molecule has 4 unspecified atom stereocenters. The maximum Gasteiger partial charge on any atom is 0.475 e. The number of amides is 1. The van der Waals surface area contributed by atoms with Gasteiger partial charge in [0.15, 0.2) is 6.23 Å². The molecule has 552 valence electrons. The van der Waals surface area contributed by atoms with Gasteiger partial charge in [-0.15, -0.1) is 0 Å². The maximum absolute atomic E-state index is 15.4. The van der Waals surface area contributed by atoms with Crippen molar-refractivity contribution in [2.24, 2.45) is 0 Å². The summed E-state index contributed by atoms with van der Waals surface area (Å²) < 4.78 is 139. The van der Waals surface area contributed by atoms with Gasteiger partial charge in [-0.3, -0.25) is 93.1 Å². The van der Waals surface area contributed by atoms with Crippen LogP contribution in [-0.2, 0) is 82.8 Å². The molecule has 16 atom stereocenters. The first-order valence-electron chi connectivity index (χ1n) is 31.8. The van der Waals surface area contributed by atoms with E-state index in [0.29, 0.717) is 11.1 Å². The van der Waals surface area contributed by atoms with E-state index in [2.05, 4.69) is 39.8 Å². The lowest BCUT2D eigenvalue weighted by Crippen LogP contribution is -2.41. The van der Waals surface area contributed by atoms with Crippen LogP contribution in [0.1, 0.15) is 90.1 Å². The van der Waals surface area contributed by atoms with Crippen LogP contribution in [0.3, 0.4) is 0 Å². The number of methoxy groups -OCH3 is 1. The summed E-state index contributed by atoms with van der Waals surface area (Å²) in [5, 5.41) is 13.9. The highest BCUT2D eigenvalue weighted by atomic mass is 31.2. The van der Waals surface area contributed by atoms with Gasteiger partial charge in [-0.1, -0.05) is 25.1 Å². The van der Waals surface area contributed by atoms with E-state index in [1.807, 2.05) is 0 Å². The summed E-state index contributed by atoms with van der Waals surface area (Å²) in [6.07, 6.45) is -14.5. The fraction of sp³-hybridized carbons (Fsp3) is 0.567. The number of rotatable bonds is 35. The van der Waals surface area contributed by atoms with E-state index >= 15 is 9.13 Å². The molecule has 0 saturated carbocycles. The quantitative estimate of drug-likeness (QED) is 0.0221. The fourth-order valence-corrected chi connectivity index (χ4v) is 15.2. The predicted octanol–water partition coefficient (Wildman–Crippen LogP) is 3.28. The molecular formula is C60H75N12O27P3. The molecule has 39 nitrogen and oxygen atoms in total. The van der Waals surface area contributed by atoms with E-state index in [4.69, 9.17) is 88.9 Å². The highest BCUT2D eigenvalue weighted by Crippen LogP contribution is 2.58. The number of aromatic amines is 3. The molecule has 9 rings (SSSR count). The number of aliphatic hydroxyl groups is 1. The van der Waals surface area contributed by atoms with Crippen molar-refractivity contribution in [2.75, 3.05) is 84.9 Å². The monoisotopic (exact) mass is 1490 g/mol. The van der Waals surface area contributed by atoms with Crippen molar-refractivity contribution in [2.45, 2.75) is 140 Å². The topological polar surface area (TPSA) is 452 Å². The van der Waals surface area contributed by atoms with Gasteiger partial charge in [0.05, 0.1) is 45.2 Å². The van der Waals surface area contributed by atoms with Crippen molar-refractivity contribution in [3.63, 3.8) is 0 Å². The SMILES string of the molecule is [C-]#[N+]CCOP(=O)(OC[C@H]1O[C@@H](n2cc(C)c(=O)[nH]c2=O)C[C@H]1OP(=O)(OCC[N+]#[C-])OC[C@H]1O[C@@H](n2cc(C)c(=O)[nH]c2=O)C[C@H]1OP(=O)(OCC[N+]#[C-])OC[C@H]1O[C@@H](n2cc(C)c(NC(=O)c3ccccc3)nc2=O)C[C@H]1O)O[C@@H]1C(OCCOC)[C@H](n2cc(C)c(=O)[nH]c2=O)O[C@@H]1CC. The van der Waals surface area contributed by atoms with Gasteiger partial charge >= 0.3 is 46.2 Å². The van der Waals surface area contributed by atoms with E-state index < -0.39 is 208 Å². The van der Waals surface area contributed by atoms with Crippen molar-refractivity contribution in [3.8, 4) is 0 Å². The number of aryl methyl sites for hydroxylation is 4. The molecule has 4 aromatic heterocycles. The number of phosphoric ester groups is 3. The van der Waals surface area contributed by atoms with Gasteiger partial charge in [-0.2, -0.15) is 4.98 Å². The lowest BCUT2D eigenvalue weighted by atomic mass is 10.1. The molecule has 5 aromatic rings. The van der Waals surface area contributed by atoms with Crippen molar-refractivity contribution < 1.29 is 92.7 Å². The van der Waals surface area contributed by atoms with Crippen LogP contribution in [0.2, 0.25) is 0 Å². The molecular weight excluding hydrogens is 1410 g/mol. The van der Waals surface area contributed by atoms with Gasteiger partial charge < -0.3 is 53.4 Å². The number of H-pyrrole nitrogens is 3. The third-order valence-corrected chi connectivity index (χ3v) is 20.7. The Bertz CT molecular complexity index is 4520. The summed E-state index contributed by atoms with van der Waals surface area (Å²) in [5.74, 6) is -0.567. The summed E-state index contributed by atoms with van der Waals surface area (Å²) in [6, 6.07) is 8.18. The fourth-order valence-electron chi connectivity index (χ4n) is 11.0. The van der Waals surface area contributed by atoms with Crippen molar-refractivity contribution in [3.05, 3.63) is 190 Å². The van der Waals surface area contributed by atoms with E-state index in [1.165, 1.54) is 40.3 Å². The average molecular weight is 1490 g/mol. The highest BCUT2D eigenvalue weighted by Gasteiger charge is 2.53. The number of ether oxygens (including phenoxy) is 6. The molecule has 4 fully saturated rings. The normalized spacial score (nSPS) is 25.8. The average Bonchev–Trinajstić information content (AvgIpc) is 1.63. The van der Waals surface area contributed by atoms with E-state index in [-0.39, 0.29) is 61.7 Å². The summed E-state index contributed by atoms with van der Waals surface area (Å²) >= 11 is 0. The number of carbonyl (C=O) groups is 1. The number of hydrogen-bond donors (Lipinski definition) is 5. The highest BCUT2D eigenvalue weighted by molar-refractivity contribution is 7.49. The van der Waals surface area contributed by atoms with Gasteiger partial charge in [-0.25, -0.2) is 52.6 Å². The second-order valence-corrected chi connectivity index (χ2v) is 28.3. The van der Waals surface area contributed by atoms with Gasteiger partial charge in [0.1, 0.15) is 87.0 Å². The molecule has 1 aromatic carbocycles. The number of aromatic nitrogens is 8. The van der Waals surface area contributed by atoms with Crippen molar-refractivity contribution in [1.82, 2.24) is 38.2 Å². The molecule has 0 aliphatic carbocycles. The molecule has 4 aliphatic heterocycles. The lowest BCUT2D eigenvalue weighted by Gasteiger charge is -2.29. The molecule has 102 heavy (non-hydrogen) atoms. The molecule has 5 N–H and O–H groups in total. The summed E-state index contributed by atoms with van der Waals surface area (Å²) in [4.78, 5) is 125. The minimum atomic E-state index is -5.23. The zero-order valence-electron chi connectivity index (χ0n) is 55.8. The summed E-state index contributed by atoms with van der Waals surface area (Å²) in [5.41, 5.74) is -5.04. The molecule has 0 radical (unpaired) electrons. The minimum Gasteiger partial charge on any atom is -0.390 e. The lowest BCUT2D eigenvalue weighted by molar-refractivity contribution is -0.0822. The zero-order chi connectivity index (χ0) is 73.6. The largest absolute Gasteiger partial charge is 0.475 e. The van der Waals surface area contributed by atoms with Gasteiger partial charge in [0.2, 0.25) is 19.6 Å². The number of anilines is 1. The summed E-state index contributed by atoms with van der Waals surface area (Å²) in [6.45, 7) is 24.1. The molecule has 0 bridgehead atoms. The van der Waals surface area contributed by atoms with Gasteiger partial charge in [0.25, 0.3) is 22.6 Å². The Balaban J connectivity index is 0.986. The number of nitrogens with zero attached hydrogens (tertiary/aromatic N) is 8. The number of phosphoric acid groups is 3. The van der Waals surface area contributed by atoms with E-state index in [9.17, 15) is 48.0 Å². The van der Waals surface area contributed by atoms with Crippen molar-refractivity contribution >= 4 is 35.2 Å². The third kappa shape index (κ3) is 19.5. The Morgan fingerprint density at radius 2 is 1.01 bits per heavy atom. The van der Waals surface area contributed by atoms with Crippen LogP contribution in [0.25, 0.3) is 14.5 Å². The second kappa shape index (κ2) is 35.1. The summed E-state index contributed by atoms with van der Waals surface area (Å²) in [7, 11) is -13.9. The van der Waals surface area contributed by atoms with Crippen LogP contribution in [0.15, 0.2) is 88.7 Å². The number of carbonyl (C=O) groups excluding carboxylic acids is 1. The van der Waals surface area contributed by atoms with E-state index in [0.717, 1.165) is 30.7 Å². The zero-order valence-corrected chi connectivity index (χ0v) is 58.5. The number of hydrogen-bond acceptors (Lipinski definition) is 28. The molecule has 4 aliphatic rings. The number of benzene rings is 1. The first-order chi connectivity index (χ1) is 48.7. The van der Waals surface area contributed by atoms with Gasteiger partial charge in [-0.05, 0) is 46.2 Å². The molecule has 42 heteroatoms. The van der Waals surface area contributed by atoms with Crippen LogP contribution in [0.5, 0.6) is 0 Å². The standard InChI is InChI=1S/C60H75N12O27P3/c1-10-40-49(50(86-23-22-85-9)56(96-40)72-30-37(5)54(76)68-60(72)81)99-102(84,89-21-18-63-8)92-33-45-42(26-48(95-45)71-29-36(4)53(75)67-59(71)80)98-101(83,88-20-17-62-7)91-32-44-41(25-47(94-44)70-28-35(3)52(74)66-58(70)79)97-100(82,87-19-16-61-6)90-31-43-39(73)24-46(93-43)69-27-34(2)51(65-57(69)78)64-55(77)38-14-12-11-13-15-38/h11-15,27-30,39-50,56,73H,10,16-26,31-33H2,1-5,9H3,(H,66,74,79)(H,67,75,80)(H,68,76,81)(H,64,65,77,78)/t39-,40-,41-,42-,43-,44-,45-,46-,47-,48-,49+,50?,56-,100?,101?,102?/m1/s1. The smallest absolute Gasteiger partial charge is 0.390 e. The van der Waals surface area contributed by atoms with E-state index in [1.54, 1.807) is 44.2 Å². The molecule has 4 saturated heterocycles. The Kier molecular flexibility index (Phi) is 26.9. The Morgan fingerprint density at radius 3 is 1.49 bits per heavy atom. The van der Waals surface area contributed by atoms with Gasteiger partial charge in [0, 0.05) is 79.0 Å². The molecule has 1 amide bonds. The van der Waals surface area contributed by atoms with Crippen LogP contribution in [-0.4, -0.2) is 184 Å². The molecule has 8 heterocycles. The van der Waals surface area contributed by atoms with Crippen LogP contribution >= 0.6 is 23.5 Å². The first-order valence-corrected chi connectivity index (χ1v) is 36.1. The number of aliphatic hydroxyl groups excluding tert-OH is 1. The predicted molar refractivity (Wildman–Crippen MR) is 351 cm³/mol. The van der Waals surface area contributed by atoms with Crippen LogP contribution < -0.4 is 44.8 Å².